The van der Waals surface area contributed by atoms with Crippen LogP contribution in [0.15, 0.2) is 108 Å². The van der Waals surface area contributed by atoms with Crippen molar-refractivity contribution in [1.82, 2.24) is 24.7 Å². The Kier molecular flexibility index (Phi) is 9.86. The van der Waals surface area contributed by atoms with E-state index < -0.39 is 0 Å². The second-order valence-electron chi connectivity index (χ2n) is 12.8. The van der Waals surface area contributed by atoms with Gasteiger partial charge in [0.2, 0.25) is 0 Å². The van der Waals surface area contributed by atoms with E-state index in [2.05, 4.69) is 109 Å². The van der Waals surface area contributed by atoms with Crippen LogP contribution in [0, 0.1) is 26.0 Å². The Morgan fingerprint density at radius 3 is 2.20 bits per heavy atom. The van der Waals surface area contributed by atoms with Gasteiger partial charge in [0, 0.05) is 37.4 Å². The molecule has 7 heteroatoms. The molecule has 247 valence electrons. The molecule has 4 heterocycles. The first-order valence-corrected chi connectivity index (χ1v) is 16.4. The zero-order valence-electron chi connectivity index (χ0n) is 28.4. The number of hydrogen-bond donors (Lipinski definition) is 0. The maximum absolute atomic E-state index is 6.36. The molecule has 0 aliphatic carbocycles. The maximum atomic E-state index is 6.36. The number of aromatic nitrogens is 5. The van der Waals surface area contributed by atoms with Crippen LogP contribution in [0.5, 0.6) is 0 Å². The predicted molar refractivity (Wildman–Crippen MR) is 194 cm³/mol. The van der Waals surface area contributed by atoms with Gasteiger partial charge in [-0.15, -0.1) is 58.7 Å². The van der Waals surface area contributed by atoms with E-state index in [-0.39, 0.29) is 20.1 Å². The number of furan rings is 1. The molecule has 0 unspecified atom stereocenters. The summed E-state index contributed by atoms with van der Waals surface area (Å²) in [5.74, 6) is 1.43. The van der Waals surface area contributed by atoms with Crippen LogP contribution in [0.3, 0.4) is 0 Å². The first-order chi connectivity index (χ1) is 23.3. The number of rotatable bonds is 5. The van der Waals surface area contributed by atoms with Gasteiger partial charge in [-0.1, -0.05) is 94.1 Å². The first kappa shape index (κ1) is 33.9. The van der Waals surface area contributed by atoms with Crippen molar-refractivity contribution in [3.63, 3.8) is 0 Å². The molecule has 0 N–H and O–H groups in total. The Bertz CT molecular complexity index is 2300. The van der Waals surface area contributed by atoms with Crippen molar-refractivity contribution in [3.8, 4) is 28.3 Å². The molecular weight excluding hydrogens is 783 g/mol. The van der Waals surface area contributed by atoms with Gasteiger partial charge in [-0.3, -0.25) is 4.98 Å². The number of fused-ring (bicyclic) bond motifs is 4. The van der Waals surface area contributed by atoms with E-state index in [0.29, 0.717) is 17.5 Å². The summed E-state index contributed by atoms with van der Waals surface area (Å²) in [5, 5.41) is 10.6. The van der Waals surface area contributed by atoms with E-state index in [4.69, 9.17) is 9.40 Å². The monoisotopic (exact) mass is 820 g/mol. The maximum Gasteiger partial charge on any atom is 0.190 e. The van der Waals surface area contributed by atoms with Gasteiger partial charge < -0.3 is 14.0 Å². The molecule has 8 aromatic rings. The average molecular weight is 820 g/mol. The van der Waals surface area contributed by atoms with Gasteiger partial charge in [0.05, 0.1) is 23.1 Å². The molecule has 1 radical (unpaired) electrons. The Morgan fingerprint density at radius 2 is 1.51 bits per heavy atom. The molecule has 0 atom stereocenters. The average Bonchev–Trinajstić information content (AvgIpc) is 3.68. The van der Waals surface area contributed by atoms with Crippen molar-refractivity contribution in [2.24, 2.45) is 0 Å². The van der Waals surface area contributed by atoms with Gasteiger partial charge in [-0.05, 0) is 53.3 Å². The molecule has 0 amide bonds. The summed E-state index contributed by atoms with van der Waals surface area (Å²) in [5.41, 5.74) is 12.1. The van der Waals surface area contributed by atoms with Gasteiger partial charge in [0.1, 0.15) is 5.58 Å². The molecule has 0 bridgehead atoms. The van der Waals surface area contributed by atoms with Gasteiger partial charge in [0.15, 0.2) is 5.65 Å². The SMILES string of the molecule is CC(C)c1cccc(C(C)C)c1-n1c(-c2[c-]ccc3c2oc2ccccc23)nc2nnccc21.Cc1c[c-]c(-c2ccc(C)cn2)cc1.[Ir]. The molecule has 4 aromatic carbocycles. The van der Waals surface area contributed by atoms with E-state index in [1.54, 1.807) is 6.20 Å². The Morgan fingerprint density at radius 1 is 0.755 bits per heavy atom. The van der Waals surface area contributed by atoms with Gasteiger partial charge in [0.25, 0.3) is 0 Å². The second-order valence-corrected chi connectivity index (χ2v) is 12.8. The van der Waals surface area contributed by atoms with Gasteiger partial charge >= 0.3 is 0 Å². The Labute approximate surface area is 300 Å². The number of benzene rings is 4. The molecule has 0 aliphatic rings. The summed E-state index contributed by atoms with van der Waals surface area (Å²) in [6.45, 7) is 13.0. The molecule has 8 rings (SSSR count). The quantitative estimate of drug-likeness (QED) is 0.162. The van der Waals surface area contributed by atoms with Gasteiger partial charge in [-0.25, -0.2) is 0 Å². The molecule has 6 nitrogen and oxygen atoms in total. The van der Waals surface area contributed by atoms with Crippen LogP contribution in [0.2, 0.25) is 0 Å². The molecular formula is C42H37IrN5O-2. The van der Waals surface area contributed by atoms with E-state index in [0.717, 1.165) is 55.8 Å². The third-order valence-electron chi connectivity index (χ3n) is 8.63. The first-order valence-electron chi connectivity index (χ1n) is 16.4. The molecule has 0 aliphatic heterocycles. The molecule has 0 spiro atoms. The summed E-state index contributed by atoms with van der Waals surface area (Å²) < 4.78 is 8.59. The zero-order valence-corrected chi connectivity index (χ0v) is 30.8. The van der Waals surface area contributed by atoms with Crippen LogP contribution in [-0.4, -0.2) is 24.7 Å². The van der Waals surface area contributed by atoms with Crippen LogP contribution < -0.4 is 0 Å². The third kappa shape index (κ3) is 6.57. The summed E-state index contributed by atoms with van der Waals surface area (Å²) in [6, 6.07) is 37.5. The van der Waals surface area contributed by atoms with Crippen molar-refractivity contribution in [1.29, 1.82) is 0 Å². The summed E-state index contributed by atoms with van der Waals surface area (Å²) in [6.07, 6.45) is 3.60. The number of aryl methyl sites for hydroxylation is 2. The van der Waals surface area contributed by atoms with Crippen molar-refractivity contribution >= 4 is 33.1 Å². The fourth-order valence-corrected chi connectivity index (χ4v) is 6.15. The molecule has 0 fully saturated rings. The van der Waals surface area contributed by atoms with Crippen molar-refractivity contribution in [3.05, 3.63) is 138 Å². The summed E-state index contributed by atoms with van der Waals surface area (Å²) in [4.78, 5) is 9.33. The van der Waals surface area contributed by atoms with E-state index in [1.165, 1.54) is 22.3 Å². The minimum Gasteiger partial charge on any atom is -0.501 e. The van der Waals surface area contributed by atoms with Crippen molar-refractivity contribution < 1.29 is 24.5 Å². The zero-order chi connectivity index (χ0) is 33.4. The number of para-hydroxylation sites is 2. The number of pyridine rings is 1. The predicted octanol–water partition coefficient (Wildman–Crippen LogP) is 10.6. The molecule has 0 saturated carbocycles. The van der Waals surface area contributed by atoms with Crippen LogP contribution in [0.25, 0.3) is 61.4 Å². The smallest absolute Gasteiger partial charge is 0.190 e. The van der Waals surface area contributed by atoms with Crippen LogP contribution in [0.1, 0.15) is 61.8 Å². The summed E-state index contributed by atoms with van der Waals surface area (Å²) in [7, 11) is 0. The number of hydrogen-bond acceptors (Lipinski definition) is 5. The van der Waals surface area contributed by atoms with Crippen molar-refractivity contribution in [2.75, 3.05) is 0 Å². The molecule has 49 heavy (non-hydrogen) atoms. The fraction of sp³-hybridized carbons (Fsp3) is 0.190. The van der Waals surface area contributed by atoms with Crippen molar-refractivity contribution in [2.45, 2.75) is 53.4 Å². The standard InChI is InChI=1S/C29H25N4O.C13H12N.Ir/c1-17(2)19-10-7-11-20(18(3)4)26(19)33-24-15-16-30-32-28(24)31-29(33)23-13-8-12-22-21-9-5-6-14-25(21)34-27(22)23;1-10-3-6-12(7-4-10)13-8-5-11(2)9-14-13;/h5-12,14-18H,1-4H3;3-6,8-9H,1-2H3;/q2*-1;. The topological polar surface area (TPSA) is 69.6 Å². The van der Waals surface area contributed by atoms with Gasteiger partial charge in [-0.2, -0.15) is 5.10 Å². The minimum atomic E-state index is 0. The fourth-order valence-electron chi connectivity index (χ4n) is 6.15. The number of nitrogens with zero attached hydrogens (tertiary/aromatic N) is 5. The second kappa shape index (κ2) is 14.3. The molecule has 0 saturated heterocycles. The normalized spacial score (nSPS) is 11.3. The van der Waals surface area contributed by atoms with E-state index in [1.807, 2.05) is 61.7 Å². The van der Waals surface area contributed by atoms with Crippen LogP contribution in [0.4, 0.5) is 0 Å². The van der Waals surface area contributed by atoms with E-state index >= 15 is 0 Å². The molecule has 4 aromatic heterocycles. The summed E-state index contributed by atoms with van der Waals surface area (Å²) >= 11 is 0. The largest absolute Gasteiger partial charge is 0.501 e. The van der Waals surface area contributed by atoms with E-state index in [9.17, 15) is 0 Å². The minimum absolute atomic E-state index is 0. The Hall–Kier alpha value is -4.97. The number of imidazole rings is 1. The van der Waals surface area contributed by atoms with Crippen LogP contribution in [-0.2, 0) is 20.1 Å². The third-order valence-corrected chi connectivity index (χ3v) is 8.63. The van der Waals surface area contributed by atoms with Crippen LogP contribution >= 0.6 is 0 Å². The Balaban J connectivity index is 0.000000234.